The average Bonchev–Trinajstić information content (AvgIpc) is 2.29. The monoisotopic (exact) mass is 231 g/mol. The lowest BCUT2D eigenvalue weighted by molar-refractivity contribution is 0.301. The lowest BCUT2D eigenvalue weighted by Crippen LogP contribution is -2.32. The Kier molecular flexibility index (Phi) is 5.00. The summed E-state index contributed by atoms with van der Waals surface area (Å²) >= 11 is 0. The number of nitrogens with zero attached hydrogens (tertiary/aromatic N) is 1. The Bertz CT molecular complexity index is 352. The van der Waals surface area contributed by atoms with Gasteiger partial charge in [0.15, 0.2) is 0 Å². The third-order valence-corrected chi connectivity index (χ3v) is 3.98. The van der Waals surface area contributed by atoms with E-state index in [0.717, 1.165) is 19.3 Å². The van der Waals surface area contributed by atoms with Crippen LogP contribution >= 0.6 is 0 Å². The van der Waals surface area contributed by atoms with Crippen LogP contribution in [0.15, 0.2) is 23.3 Å². The highest BCUT2D eigenvalue weighted by Gasteiger charge is 2.39. The molecule has 0 aromatic rings. The molecule has 0 fully saturated rings. The molecule has 1 rings (SSSR count). The largest absolute Gasteiger partial charge is 0.310 e. The zero-order valence-corrected chi connectivity index (χ0v) is 11.7. The topological polar surface area (TPSA) is 4.36 Å². The molecule has 1 heteroatoms. The molecule has 0 spiro atoms. The number of hydrogen-bond donors (Lipinski definition) is 0. The summed E-state index contributed by atoms with van der Waals surface area (Å²) < 4.78 is 0. The van der Waals surface area contributed by atoms with Gasteiger partial charge >= 0.3 is 0 Å². The maximum atomic E-state index is 7.51. The van der Waals surface area contributed by atoms with Crippen molar-refractivity contribution in [1.82, 2.24) is 0 Å². The van der Waals surface area contributed by atoms with Crippen molar-refractivity contribution in [2.75, 3.05) is 0 Å². The molecular weight excluding hydrogens is 206 g/mol. The van der Waals surface area contributed by atoms with Crippen molar-refractivity contribution in [2.45, 2.75) is 65.3 Å². The Morgan fingerprint density at radius 2 is 2.29 bits per heavy atom. The van der Waals surface area contributed by atoms with E-state index in [0.29, 0.717) is 5.92 Å². The van der Waals surface area contributed by atoms with Gasteiger partial charge < -0.3 is 4.85 Å². The second-order valence-electron chi connectivity index (χ2n) is 5.81. The van der Waals surface area contributed by atoms with Crippen LogP contribution in [0.5, 0.6) is 0 Å². The fraction of sp³-hybridized carbons (Fsp3) is 0.688. The van der Waals surface area contributed by atoms with Gasteiger partial charge in [-0.15, -0.1) is 0 Å². The smallest absolute Gasteiger partial charge is 0.233 e. The van der Waals surface area contributed by atoms with Crippen molar-refractivity contribution in [2.24, 2.45) is 5.92 Å². The average molecular weight is 231 g/mol. The fourth-order valence-corrected chi connectivity index (χ4v) is 2.53. The Morgan fingerprint density at radius 3 is 2.76 bits per heavy atom. The summed E-state index contributed by atoms with van der Waals surface area (Å²) in [6.45, 7) is 16.1. The molecule has 0 bridgehead atoms. The highest BCUT2D eigenvalue weighted by atomic mass is 14.8. The standard InChI is InChI=1S/C16H25N/c1-13(2)7-6-12-16(4,17-5)15-10-8-14(3)9-11-15/h7-8,15H,6,9-12H2,1-4H3. The summed E-state index contributed by atoms with van der Waals surface area (Å²) in [4.78, 5) is 3.96. The molecule has 0 amide bonds. The SMILES string of the molecule is [C-]#[N+]C(C)(CCC=C(C)C)C1CC=C(C)CC1. The molecule has 0 N–H and O–H groups in total. The molecule has 0 radical (unpaired) electrons. The maximum absolute atomic E-state index is 7.51. The van der Waals surface area contributed by atoms with E-state index < -0.39 is 0 Å². The molecule has 94 valence electrons. The van der Waals surface area contributed by atoms with Gasteiger partial charge in [-0.1, -0.05) is 23.3 Å². The molecule has 0 aromatic heterocycles. The molecule has 1 aliphatic rings. The first-order valence-electron chi connectivity index (χ1n) is 6.65. The first kappa shape index (κ1) is 14.0. The molecule has 0 saturated carbocycles. The van der Waals surface area contributed by atoms with Crippen LogP contribution in [0.2, 0.25) is 0 Å². The number of rotatable bonds is 4. The van der Waals surface area contributed by atoms with Gasteiger partial charge in [0, 0.05) is 19.3 Å². The van der Waals surface area contributed by atoms with Crippen LogP contribution in [-0.2, 0) is 0 Å². The zero-order valence-electron chi connectivity index (χ0n) is 11.7. The molecule has 0 saturated heterocycles. The molecule has 2 unspecified atom stereocenters. The third kappa shape index (κ3) is 4.04. The third-order valence-electron chi connectivity index (χ3n) is 3.98. The van der Waals surface area contributed by atoms with Crippen LogP contribution < -0.4 is 0 Å². The summed E-state index contributed by atoms with van der Waals surface area (Å²) in [7, 11) is 0. The van der Waals surface area contributed by atoms with E-state index >= 15 is 0 Å². The first-order chi connectivity index (χ1) is 7.98. The van der Waals surface area contributed by atoms with Gasteiger partial charge in [-0.3, -0.25) is 0 Å². The van der Waals surface area contributed by atoms with Gasteiger partial charge in [0.2, 0.25) is 5.54 Å². The maximum Gasteiger partial charge on any atom is 0.233 e. The van der Waals surface area contributed by atoms with E-state index in [-0.39, 0.29) is 5.54 Å². The second-order valence-corrected chi connectivity index (χ2v) is 5.81. The molecule has 0 heterocycles. The van der Waals surface area contributed by atoms with E-state index in [1.807, 2.05) is 0 Å². The predicted octanol–water partition coefficient (Wildman–Crippen LogP) is 5.16. The summed E-state index contributed by atoms with van der Waals surface area (Å²) in [5, 5.41) is 0. The van der Waals surface area contributed by atoms with Gasteiger partial charge in [-0.05, 0) is 46.5 Å². The molecule has 0 aromatic carbocycles. The quantitative estimate of drug-likeness (QED) is 0.465. The van der Waals surface area contributed by atoms with Crippen LogP contribution in [-0.4, -0.2) is 5.54 Å². The van der Waals surface area contributed by atoms with Crippen molar-refractivity contribution in [3.8, 4) is 0 Å². The first-order valence-corrected chi connectivity index (χ1v) is 6.65. The Labute approximate surface area is 106 Å². The minimum Gasteiger partial charge on any atom is -0.310 e. The number of allylic oxidation sites excluding steroid dienone is 4. The van der Waals surface area contributed by atoms with Gasteiger partial charge in [-0.25, -0.2) is 6.57 Å². The van der Waals surface area contributed by atoms with E-state index in [4.69, 9.17) is 6.57 Å². The van der Waals surface area contributed by atoms with Crippen molar-refractivity contribution in [3.05, 3.63) is 34.7 Å². The highest BCUT2D eigenvalue weighted by molar-refractivity contribution is 5.11. The van der Waals surface area contributed by atoms with Crippen molar-refractivity contribution in [1.29, 1.82) is 0 Å². The van der Waals surface area contributed by atoms with Crippen LogP contribution in [0.4, 0.5) is 0 Å². The normalized spacial score (nSPS) is 23.2. The lowest BCUT2D eigenvalue weighted by Gasteiger charge is -2.29. The van der Waals surface area contributed by atoms with Crippen LogP contribution in [0.3, 0.4) is 0 Å². The van der Waals surface area contributed by atoms with Gasteiger partial charge in [0.25, 0.3) is 0 Å². The van der Waals surface area contributed by atoms with Crippen LogP contribution in [0.1, 0.15) is 59.8 Å². The van der Waals surface area contributed by atoms with E-state index in [2.05, 4.69) is 44.7 Å². The van der Waals surface area contributed by atoms with Crippen molar-refractivity contribution in [3.63, 3.8) is 0 Å². The van der Waals surface area contributed by atoms with Crippen molar-refractivity contribution < 1.29 is 0 Å². The van der Waals surface area contributed by atoms with Gasteiger partial charge in [-0.2, -0.15) is 0 Å². The van der Waals surface area contributed by atoms with E-state index in [1.165, 1.54) is 24.0 Å². The highest BCUT2D eigenvalue weighted by Crippen LogP contribution is 2.37. The minimum absolute atomic E-state index is 0.164. The van der Waals surface area contributed by atoms with E-state index in [1.54, 1.807) is 0 Å². The Balaban J connectivity index is 2.63. The van der Waals surface area contributed by atoms with Crippen LogP contribution in [0, 0.1) is 12.5 Å². The Morgan fingerprint density at radius 1 is 1.59 bits per heavy atom. The van der Waals surface area contributed by atoms with Gasteiger partial charge in [0.05, 0.1) is 0 Å². The fourth-order valence-electron chi connectivity index (χ4n) is 2.53. The summed E-state index contributed by atoms with van der Waals surface area (Å²) in [5.41, 5.74) is 2.69. The summed E-state index contributed by atoms with van der Waals surface area (Å²) in [6.07, 6.45) is 10.1. The molecule has 2 atom stereocenters. The Hall–Kier alpha value is -1.03. The lowest BCUT2D eigenvalue weighted by atomic mass is 9.74. The minimum atomic E-state index is -0.164. The number of hydrogen-bond acceptors (Lipinski definition) is 0. The molecule has 0 aliphatic heterocycles. The molecule has 1 nitrogen and oxygen atoms in total. The molecular formula is C16H25N. The summed E-state index contributed by atoms with van der Waals surface area (Å²) in [5.74, 6) is 0.550. The zero-order chi connectivity index (χ0) is 12.9. The molecule has 1 aliphatic carbocycles. The molecule has 17 heavy (non-hydrogen) atoms. The van der Waals surface area contributed by atoms with Gasteiger partial charge in [0.1, 0.15) is 0 Å². The second kappa shape index (κ2) is 6.05. The summed E-state index contributed by atoms with van der Waals surface area (Å²) in [6, 6.07) is 0. The van der Waals surface area contributed by atoms with Crippen molar-refractivity contribution >= 4 is 0 Å². The van der Waals surface area contributed by atoms with Crippen LogP contribution in [0.25, 0.3) is 4.85 Å². The van der Waals surface area contributed by atoms with E-state index in [9.17, 15) is 0 Å². The predicted molar refractivity (Wildman–Crippen MR) is 74.8 cm³/mol.